The van der Waals surface area contributed by atoms with Gasteiger partial charge in [0.25, 0.3) is 0 Å². The summed E-state index contributed by atoms with van der Waals surface area (Å²) >= 11 is 0. The van der Waals surface area contributed by atoms with Gasteiger partial charge in [0, 0.05) is 18.2 Å². The molecule has 0 saturated carbocycles. The number of rotatable bonds is 6. The van der Waals surface area contributed by atoms with Crippen LogP contribution in [0.5, 0.6) is 11.5 Å². The fourth-order valence-corrected chi connectivity index (χ4v) is 2.14. The zero-order valence-corrected chi connectivity index (χ0v) is 13.2. The SMILES string of the molecule is COc1ccc(CC(=O)NCc2ccc(C)cc2)c(OC)c1. The van der Waals surface area contributed by atoms with E-state index in [-0.39, 0.29) is 12.3 Å². The maximum absolute atomic E-state index is 12.1. The average Bonchev–Trinajstić information content (AvgIpc) is 2.54. The van der Waals surface area contributed by atoms with Crippen molar-refractivity contribution >= 4 is 5.91 Å². The van der Waals surface area contributed by atoms with Crippen LogP contribution in [0.15, 0.2) is 42.5 Å². The smallest absolute Gasteiger partial charge is 0.224 e. The van der Waals surface area contributed by atoms with Gasteiger partial charge in [0.15, 0.2) is 0 Å². The zero-order chi connectivity index (χ0) is 15.9. The lowest BCUT2D eigenvalue weighted by Crippen LogP contribution is -2.24. The first-order valence-electron chi connectivity index (χ1n) is 7.15. The molecule has 0 spiro atoms. The number of ether oxygens (including phenoxy) is 2. The fraction of sp³-hybridized carbons (Fsp3) is 0.278. The summed E-state index contributed by atoms with van der Waals surface area (Å²) in [5.74, 6) is 1.33. The lowest BCUT2D eigenvalue weighted by atomic mass is 10.1. The molecule has 4 nitrogen and oxygen atoms in total. The molecule has 0 bridgehead atoms. The standard InChI is InChI=1S/C18H21NO3/c1-13-4-6-14(7-5-13)12-19-18(20)10-15-8-9-16(21-2)11-17(15)22-3/h4-9,11H,10,12H2,1-3H3,(H,19,20). The number of amides is 1. The molecule has 0 aromatic heterocycles. The largest absolute Gasteiger partial charge is 0.497 e. The number of hydrogen-bond donors (Lipinski definition) is 1. The Morgan fingerprint density at radius 2 is 1.77 bits per heavy atom. The normalized spacial score (nSPS) is 10.1. The first-order chi connectivity index (χ1) is 10.6. The molecule has 0 unspecified atom stereocenters. The molecule has 0 atom stereocenters. The molecule has 2 aromatic carbocycles. The summed E-state index contributed by atoms with van der Waals surface area (Å²) in [7, 11) is 3.19. The van der Waals surface area contributed by atoms with Gasteiger partial charge in [0.05, 0.1) is 20.6 Å². The third-order valence-electron chi connectivity index (χ3n) is 3.46. The number of nitrogens with one attached hydrogen (secondary N) is 1. The minimum absolute atomic E-state index is 0.0379. The first kappa shape index (κ1) is 15.9. The summed E-state index contributed by atoms with van der Waals surface area (Å²) in [5.41, 5.74) is 3.13. The molecule has 0 heterocycles. The minimum atomic E-state index is -0.0379. The Morgan fingerprint density at radius 1 is 1.05 bits per heavy atom. The van der Waals surface area contributed by atoms with Crippen molar-refractivity contribution in [2.75, 3.05) is 14.2 Å². The van der Waals surface area contributed by atoms with Crippen molar-refractivity contribution in [3.05, 3.63) is 59.2 Å². The van der Waals surface area contributed by atoms with Gasteiger partial charge in [-0.15, -0.1) is 0 Å². The maximum Gasteiger partial charge on any atom is 0.224 e. The van der Waals surface area contributed by atoms with Crippen LogP contribution in [0.2, 0.25) is 0 Å². The van der Waals surface area contributed by atoms with Crippen LogP contribution < -0.4 is 14.8 Å². The summed E-state index contributed by atoms with van der Waals surface area (Å²) in [4.78, 5) is 12.1. The monoisotopic (exact) mass is 299 g/mol. The van der Waals surface area contributed by atoms with Crippen LogP contribution in [0, 0.1) is 6.92 Å². The van der Waals surface area contributed by atoms with Gasteiger partial charge < -0.3 is 14.8 Å². The van der Waals surface area contributed by atoms with Crippen LogP contribution in [-0.2, 0) is 17.8 Å². The Kier molecular flexibility index (Phi) is 5.42. The molecule has 22 heavy (non-hydrogen) atoms. The van der Waals surface area contributed by atoms with E-state index in [0.717, 1.165) is 11.1 Å². The predicted molar refractivity (Wildman–Crippen MR) is 86.3 cm³/mol. The number of carbonyl (C=O) groups excluding carboxylic acids is 1. The summed E-state index contributed by atoms with van der Waals surface area (Å²) in [5, 5.41) is 2.92. The van der Waals surface area contributed by atoms with Crippen molar-refractivity contribution in [1.82, 2.24) is 5.32 Å². The molecule has 0 saturated heterocycles. The molecule has 1 N–H and O–H groups in total. The molecular formula is C18H21NO3. The van der Waals surface area contributed by atoms with Crippen LogP contribution in [0.4, 0.5) is 0 Å². The molecule has 4 heteroatoms. The Balaban J connectivity index is 1.95. The quantitative estimate of drug-likeness (QED) is 0.892. The number of benzene rings is 2. The maximum atomic E-state index is 12.1. The van der Waals surface area contributed by atoms with Crippen LogP contribution >= 0.6 is 0 Å². The molecule has 116 valence electrons. The summed E-state index contributed by atoms with van der Waals surface area (Å²) in [6.45, 7) is 2.57. The van der Waals surface area contributed by atoms with Crippen LogP contribution in [0.3, 0.4) is 0 Å². The van der Waals surface area contributed by atoms with E-state index in [1.807, 2.05) is 43.3 Å². The molecule has 0 radical (unpaired) electrons. The van der Waals surface area contributed by atoms with Gasteiger partial charge in [-0.1, -0.05) is 35.9 Å². The number of carbonyl (C=O) groups is 1. The lowest BCUT2D eigenvalue weighted by Gasteiger charge is -2.11. The molecule has 2 aromatic rings. The summed E-state index contributed by atoms with van der Waals surface area (Å²) in [6.07, 6.45) is 0.277. The topological polar surface area (TPSA) is 47.6 Å². The molecule has 0 aliphatic heterocycles. The third kappa shape index (κ3) is 4.25. The summed E-state index contributed by atoms with van der Waals surface area (Å²) in [6, 6.07) is 13.6. The number of hydrogen-bond acceptors (Lipinski definition) is 3. The van der Waals surface area contributed by atoms with Crippen LogP contribution in [0.1, 0.15) is 16.7 Å². The average molecular weight is 299 g/mol. The van der Waals surface area contributed by atoms with E-state index in [0.29, 0.717) is 18.0 Å². The van der Waals surface area contributed by atoms with Gasteiger partial charge >= 0.3 is 0 Å². The first-order valence-corrected chi connectivity index (χ1v) is 7.15. The molecule has 1 amide bonds. The molecule has 0 aliphatic rings. The van der Waals surface area contributed by atoms with E-state index in [2.05, 4.69) is 5.32 Å². The van der Waals surface area contributed by atoms with E-state index in [9.17, 15) is 4.79 Å². The fourth-order valence-electron chi connectivity index (χ4n) is 2.14. The van der Waals surface area contributed by atoms with Crippen molar-refractivity contribution in [1.29, 1.82) is 0 Å². The van der Waals surface area contributed by atoms with Gasteiger partial charge in [-0.3, -0.25) is 4.79 Å². The number of aryl methyl sites for hydroxylation is 1. The van der Waals surface area contributed by atoms with Crippen LogP contribution in [0.25, 0.3) is 0 Å². The lowest BCUT2D eigenvalue weighted by molar-refractivity contribution is -0.120. The Labute approximate surface area is 131 Å². The predicted octanol–water partition coefficient (Wildman–Crippen LogP) is 2.87. The Morgan fingerprint density at radius 3 is 2.41 bits per heavy atom. The number of methoxy groups -OCH3 is 2. The van der Waals surface area contributed by atoms with Crippen LogP contribution in [-0.4, -0.2) is 20.1 Å². The van der Waals surface area contributed by atoms with Gasteiger partial charge in [0.1, 0.15) is 11.5 Å². The third-order valence-corrected chi connectivity index (χ3v) is 3.46. The van der Waals surface area contributed by atoms with E-state index in [1.165, 1.54) is 5.56 Å². The highest BCUT2D eigenvalue weighted by atomic mass is 16.5. The second kappa shape index (κ2) is 7.50. The van der Waals surface area contributed by atoms with Crippen molar-refractivity contribution in [3.63, 3.8) is 0 Å². The van der Waals surface area contributed by atoms with Crippen molar-refractivity contribution < 1.29 is 14.3 Å². The van der Waals surface area contributed by atoms with Crippen molar-refractivity contribution in [3.8, 4) is 11.5 Å². The summed E-state index contributed by atoms with van der Waals surface area (Å²) < 4.78 is 10.5. The molecule has 0 fully saturated rings. The second-order valence-corrected chi connectivity index (χ2v) is 5.12. The molecule has 0 aliphatic carbocycles. The van der Waals surface area contributed by atoms with Crippen molar-refractivity contribution in [2.45, 2.75) is 19.9 Å². The second-order valence-electron chi connectivity index (χ2n) is 5.12. The molecular weight excluding hydrogens is 278 g/mol. The van der Waals surface area contributed by atoms with Gasteiger partial charge in [-0.2, -0.15) is 0 Å². The highest BCUT2D eigenvalue weighted by molar-refractivity contribution is 5.79. The van der Waals surface area contributed by atoms with Gasteiger partial charge in [-0.25, -0.2) is 0 Å². The van der Waals surface area contributed by atoms with Gasteiger partial charge in [0.2, 0.25) is 5.91 Å². The molecule has 2 rings (SSSR count). The highest BCUT2D eigenvalue weighted by Gasteiger charge is 2.10. The van der Waals surface area contributed by atoms with Crippen molar-refractivity contribution in [2.24, 2.45) is 0 Å². The Hall–Kier alpha value is -2.49. The van der Waals surface area contributed by atoms with Gasteiger partial charge in [-0.05, 0) is 18.6 Å². The Bertz CT molecular complexity index is 635. The van der Waals surface area contributed by atoms with E-state index < -0.39 is 0 Å². The van der Waals surface area contributed by atoms with E-state index >= 15 is 0 Å². The highest BCUT2D eigenvalue weighted by Crippen LogP contribution is 2.24. The minimum Gasteiger partial charge on any atom is -0.497 e. The zero-order valence-electron chi connectivity index (χ0n) is 13.2. The van der Waals surface area contributed by atoms with E-state index in [4.69, 9.17) is 9.47 Å². The van der Waals surface area contributed by atoms with E-state index in [1.54, 1.807) is 20.3 Å².